The molecule has 6 nitrogen and oxygen atoms in total. The second kappa shape index (κ2) is 3.72. The highest BCUT2D eigenvalue weighted by molar-refractivity contribution is 7.84. The zero-order valence-corrected chi connectivity index (χ0v) is 7.73. The Hall–Kier alpha value is -1.47. The molecule has 0 spiro atoms. The van der Waals surface area contributed by atoms with Crippen LogP contribution >= 0.6 is 0 Å². The Morgan fingerprint density at radius 3 is 2.43 bits per heavy atom. The number of carbonyl (C=O) groups is 1. The number of hydrogen-bond acceptors (Lipinski definition) is 4. The van der Waals surface area contributed by atoms with Crippen molar-refractivity contribution in [3.63, 3.8) is 0 Å². The van der Waals surface area contributed by atoms with Gasteiger partial charge in [-0.2, -0.15) is 8.42 Å². The van der Waals surface area contributed by atoms with Gasteiger partial charge < -0.3 is 5.11 Å². The van der Waals surface area contributed by atoms with Crippen LogP contribution in [0.4, 0.5) is 0 Å². The highest BCUT2D eigenvalue weighted by Crippen LogP contribution is 2.03. The van der Waals surface area contributed by atoms with Crippen LogP contribution in [-0.4, -0.2) is 29.0 Å². The van der Waals surface area contributed by atoms with E-state index in [0.717, 1.165) is 6.20 Å². The minimum absolute atomic E-state index is 0.0379. The number of aromatic nitrogens is 1. The van der Waals surface area contributed by atoms with Crippen LogP contribution in [0.5, 0.6) is 0 Å². The lowest BCUT2D eigenvalue weighted by Gasteiger charge is -1.97. The molecule has 0 saturated carbocycles. The van der Waals surface area contributed by atoms with E-state index in [1.54, 1.807) is 0 Å². The molecule has 0 aliphatic rings. The molecular formula is C7H7NO5S. The van der Waals surface area contributed by atoms with E-state index in [1.165, 1.54) is 12.1 Å². The largest absolute Gasteiger partial charge is 0.478 e. The van der Waals surface area contributed by atoms with Gasteiger partial charge in [0.2, 0.25) is 0 Å². The Labute approximate surface area is 80.0 Å². The molecule has 0 unspecified atom stereocenters. The van der Waals surface area contributed by atoms with E-state index in [1.807, 2.05) is 0 Å². The van der Waals surface area contributed by atoms with Gasteiger partial charge in [-0.15, -0.1) is 0 Å². The SMILES string of the molecule is O=C(O)c1ccc(CS(=O)(=O)O)nc1. The third kappa shape index (κ3) is 3.11. The van der Waals surface area contributed by atoms with Gasteiger partial charge in [-0.1, -0.05) is 0 Å². The number of pyridine rings is 1. The van der Waals surface area contributed by atoms with Gasteiger partial charge in [-0.25, -0.2) is 4.79 Å². The highest BCUT2D eigenvalue weighted by atomic mass is 32.2. The Balaban J connectivity index is 2.90. The topological polar surface area (TPSA) is 105 Å². The van der Waals surface area contributed by atoms with E-state index in [0.29, 0.717) is 0 Å². The average molecular weight is 217 g/mol. The molecule has 0 bridgehead atoms. The molecular weight excluding hydrogens is 210 g/mol. The first-order valence-corrected chi connectivity index (χ1v) is 5.13. The van der Waals surface area contributed by atoms with Crippen molar-refractivity contribution in [1.29, 1.82) is 0 Å². The average Bonchev–Trinajstić information content (AvgIpc) is 2.02. The first-order valence-electron chi connectivity index (χ1n) is 3.52. The molecule has 14 heavy (non-hydrogen) atoms. The van der Waals surface area contributed by atoms with E-state index in [4.69, 9.17) is 9.66 Å². The summed E-state index contributed by atoms with van der Waals surface area (Å²) < 4.78 is 29.3. The van der Waals surface area contributed by atoms with E-state index in [9.17, 15) is 13.2 Å². The molecule has 0 aliphatic carbocycles. The summed E-state index contributed by atoms with van der Waals surface area (Å²) in [6, 6.07) is 2.45. The van der Waals surface area contributed by atoms with Crippen molar-refractivity contribution in [3.8, 4) is 0 Å². The number of rotatable bonds is 3. The molecule has 1 aromatic heterocycles. The Morgan fingerprint density at radius 2 is 2.07 bits per heavy atom. The van der Waals surface area contributed by atoms with Crippen molar-refractivity contribution in [2.75, 3.05) is 0 Å². The molecule has 76 valence electrons. The number of hydrogen-bond donors (Lipinski definition) is 2. The summed E-state index contributed by atoms with van der Waals surface area (Å²) in [5, 5.41) is 8.50. The fourth-order valence-electron chi connectivity index (χ4n) is 0.823. The lowest BCUT2D eigenvalue weighted by molar-refractivity contribution is 0.0696. The van der Waals surface area contributed by atoms with Gasteiger partial charge in [0.05, 0.1) is 11.3 Å². The van der Waals surface area contributed by atoms with Gasteiger partial charge in [0.25, 0.3) is 10.1 Å². The van der Waals surface area contributed by atoms with Crippen molar-refractivity contribution in [1.82, 2.24) is 4.98 Å². The first-order chi connectivity index (χ1) is 6.38. The first kappa shape index (κ1) is 10.6. The quantitative estimate of drug-likeness (QED) is 0.699. The molecule has 1 rings (SSSR count). The van der Waals surface area contributed by atoms with Crippen LogP contribution in [-0.2, 0) is 15.9 Å². The van der Waals surface area contributed by atoms with Crippen LogP contribution in [0.25, 0.3) is 0 Å². The van der Waals surface area contributed by atoms with Crippen LogP contribution in [0.2, 0.25) is 0 Å². The molecule has 7 heteroatoms. The van der Waals surface area contributed by atoms with Gasteiger partial charge >= 0.3 is 5.97 Å². The number of nitrogens with zero attached hydrogens (tertiary/aromatic N) is 1. The van der Waals surface area contributed by atoms with Gasteiger partial charge in [-0.3, -0.25) is 9.54 Å². The van der Waals surface area contributed by atoms with E-state index < -0.39 is 21.8 Å². The maximum atomic E-state index is 10.4. The molecule has 1 aromatic rings. The fourth-order valence-corrected chi connectivity index (χ4v) is 1.37. The van der Waals surface area contributed by atoms with Gasteiger partial charge in [-0.05, 0) is 12.1 Å². The molecule has 0 radical (unpaired) electrons. The molecule has 1 heterocycles. The highest BCUT2D eigenvalue weighted by Gasteiger charge is 2.09. The van der Waals surface area contributed by atoms with Crippen molar-refractivity contribution in [3.05, 3.63) is 29.6 Å². The van der Waals surface area contributed by atoms with Crippen molar-refractivity contribution < 1.29 is 22.9 Å². The molecule has 2 N–H and O–H groups in total. The molecule has 0 saturated heterocycles. The lowest BCUT2D eigenvalue weighted by atomic mass is 10.2. The van der Waals surface area contributed by atoms with Crippen LogP contribution in [0.3, 0.4) is 0 Å². The fraction of sp³-hybridized carbons (Fsp3) is 0.143. The summed E-state index contributed by atoms with van der Waals surface area (Å²) in [4.78, 5) is 14.0. The summed E-state index contributed by atoms with van der Waals surface area (Å²) in [5.74, 6) is -1.76. The molecule has 0 atom stereocenters. The van der Waals surface area contributed by atoms with E-state index in [2.05, 4.69) is 4.98 Å². The molecule has 0 amide bonds. The van der Waals surface area contributed by atoms with E-state index in [-0.39, 0.29) is 11.3 Å². The summed E-state index contributed by atoms with van der Waals surface area (Å²) in [7, 11) is -4.12. The van der Waals surface area contributed by atoms with Crippen LogP contribution < -0.4 is 0 Å². The Morgan fingerprint density at radius 1 is 1.43 bits per heavy atom. The lowest BCUT2D eigenvalue weighted by Crippen LogP contribution is -2.04. The van der Waals surface area contributed by atoms with Gasteiger partial charge in [0, 0.05) is 6.20 Å². The summed E-state index contributed by atoms with van der Waals surface area (Å²) in [6.45, 7) is 0. The normalized spacial score (nSPS) is 11.2. The third-order valence-corrected chi connectivity index (χ3v) is 2.06. The maximum Gasteiger partial charge on any atom is 0.337 e. The smallest absolute Gasteiger partial charge is 0.337 e. The molecule has 0 aliphatic heterocycles. The summed E-state index contributed by atoms with van der Waals surface area (Å²) in [6.07, 6.45) is 1.03. The Kier molecular flexibility index (Phi) is 2.82. The molecule has 0 fully saturated rings. The van der Waals surface area contributed by atoms with E-state index >= 15 is 0 Å². The second-order valence-corrected chi connectivity index (χ2v) is 4.02. The minimum Gasteiger partial charge on any atom is -0.478 e. The standard InChI is InChI=1S/C7H7NO5S/c9-7(10)5-1-2-6(8-3-5)4-14(11,12)13/h1-3H,4H2,(H,9,10)(H,11,12,13). The van der Waals surface area contributed by atoms with Crippen LogP contribution in [0.15, 0.2) is 18.3 Å². The van der Waals surface area contributed by atoms with Crippen molar-refractivity contribution in [2.45, 2.75) is 5.75 Å². The monoisotopic (exact) mass is 217 g/mol. The number of carboxylic acid groups (broad SMARTS) is 1. The van der Waals surface area contributed by atoms with Crippen molar-refractivity contribution in [2.24, 2.45) is 0 Å². The number of aromatic carboxylic acids is 1. The van der Waals surface area contributed by atoms with Crippen LogP contribution in [0.1, 0.15) is 16.1 Å². The van der Waals surface area contributed by atoms with Gasteiger partial charge in [0.15, 0.2) is 0 Å². The summed E-state index contributed by atoms with van der Waals surface area (Å²) in [5.41, 5.74) is 0.0570. The Bertz CT molecular complexity index is 436. The summed E-state index contributed by atoms with van der Waals surface area (Å²) >= 11 is 0. The predicted molar refractivity (Wildman–Crippen MR) is 46.4 cm³/mol. The minimum atomic E-state index is -4.12. The molecule has 0 aromatic carbocycles. The zero-order chi connectivity index (χ0) is 10.8. The van der Waals surface area contributed by atoms with Gasteiger partial charge in [0.1, 0.15) is 5.75 Å². The zero-order valence-electron chi connectivity index (χ0n) is 6.91. The second-order valence-electron chi connectivity index (χ2n) is 2.57. The maximum absolute atomic E-state index is 10.4. The predicted octanol–water partition coefficient (Wildman–Crippen LogP) is 0.168. The van der Waals surface area contributed by atoms with Crippen molar-refractivity contribution >= 4 is 16.1 Å². The third-order valence-electron chi connectivity index (χ3n) is 1.40. The number of carboxylic acids is 1. The van der Waals surface area contributed by atoms with Crippen LogP contribution in [0, 0.1) is 0 Å².